The van der Waals surface area contributed by atoms with Crippen LogP contribution in [0.1, 0.15) is 30.1 Å². The molecule has 1 fully saturated rings. The SMILES string of the molecule is COC(=O)c1cc(N2CCC(NC(C)=O)CC2)ncc1N. The Bertz CT molecular complexity index is 539. The van der Waals surface area contributed by atoms with E-state index in [0.29, 0.717) is 17.1 Å². The number of hydrogen-bond acceptors (Lipinski definition) is 6. The highest BCUT2D eigenvalue weighted by molar-refractivity contribution is 5.95. The number of nitrogen functional groups attached to an aromatic ring is 1. The molecular weight excluding hydrogens is 272 g/mol. The largest absolute Gasteiger partial charge is 0.465 e. The highest BCUT2D eigenvalue weighted by Gasteiger charge is 2.22. The van der Waals surface area contributed by atoms with Gasteiger partial charge in [-0.1, -0.05) is 0 Å². The highest BCUT2D eigenvalue weighted by Crippen LogP contribution is 2.22. The summed E-state index contributed by atoms with van der Waals surface area (Å²) in [5.41, 5.74) is 6.37. The van der Waals surface area contributed by atoms with Crippen LogP contribution in [0.25, 0.3) is 0 Å². The molecule has 3 N–H and O–H groups in total. The minimum absolute atomic E-state index is 0.00737. The normalized spacial score (nSPS) is 15.6. The van der Waals surface area contributed by atoms with Crippen LogP contribution >= 0.6 is 0 Å². The summed E-state index contributed by atoms with van der Waals surface area (Å²) in [6.45, 7) is 3.06. The van der Waals surface area contributed by atoms with Crippen molar-refractivity contribution < 1.29 is 14.3 Å². The number of piperidine rings is 1. The third kappa shape index (κ3) is 3.62. The molecule has 1 aliphatic rings. The number of nitrogens with two attached hydrogens (primary N) is 1. The second-order valence-corrected chi connectivity index (χ2v) is 5.08. The number of methoxy groups -OCH3 is 1. The van der Waals surface area contributed by atoms with Crippen LogP contribution in [0.2, 0.25) is 0 Å². The van der Waals surface area contributed by atoms with Gasteiger partial charge >= 0.3 is 5.97 Å². The fourth-order valence-corrected chi connectivity index (χ4v) is 2.45. The Morgan fingerprint density at radius 1 is 1.43 bits per heavy atom. The van der Waals surface area contributed by atoms with E-state index in [-0.39, 0.29) is 11.9 Å². The lowest BCUT2D eigenvalue weighted by molar-refractivity contribution is -0.119. The topological polar surface area (TPSA) is 97.5 Å². The van der Waals surface area contributed by atoms with Crippen LogP contribution < -0.4 is 16.0 Å². The van der Waals surface area contributed by atoms with Gasteiger partial charge in [0.2, 0.25) is 5.91 Å². The first kappa shape index (κ1) is 15.1. The van der Waals surface area contributed by atoms with Gasteiger partial charge in [0.05, 0.1) is 24.6 Å². The van der Waals surface area contributed by atoms with Gasteiger partial charge in [0, 0.05) is 26.1 Å². The van der Waals surface area contributed by atoms with E-state index in [4.69, 9.17) is 10.5 Å². The third-order valence-corrected chi connectivity index (χ3v) is 3.55. The summed E-state index contributed by atoms with van der Waals surface area (Å²) in [5.74, 6) is 0.224. The van der Waals surface area contributed by atoms with Crippen molar-refractivity contribution in [3.05, 3.63) is 17.8 Å². The maximum Gasteiger partial charge on any atom is 0.340 e. The van der Waals surface area contributed by atoms with Crippen molar-refractivity contribution in [1.29, 1.82) is 0 Å². The monoisotopic (exact) mass is 292 g/mol. The minimum Gasteiger partial charge on any atom is -0.465 e. The fraction of sp³-hybridized carbons (Fsp3) is 0.500. The Balaban J connectivity index is 2.07. The number of amides is 1. The molecule has 1 amide bonds. The molecule has 0 radical (unpaired) electrons. The van der Waals surface area contributed by atoms with Crippen LogP contribution in [0.5, 0.6) is 0 Å². The molecule has 1 aromatic rings. The molecule has 1 aromatic heterocycles. The molecule has 21 heavy (non-hydrogen) atoms. The van der Waals surface area contributed by atoms with Crippen LogP contribution in [-0.4, -0.2) is 43.1 Å². The van der Waals surface area contributed by atoms with Crippen LogP contribution in [0, 0.1) is 0 Å². The molecule has 0 bridgehead atoms. The summed E-state index contributed by atoms with van der Waals surface area (Å²) in [6.07, 6.45) is 3.17. The van der Waals surface area contributed by atoms with Crippen molar-refractivity contribution in [3.8, 4) is 0 Å². The van der Waals surface area contributed by atoms with Gasteiger partial charge < -0.3 is 20.7 Å². The van der Waals surface area contributed by atoms with E-state index in [0.717, 1.165) is 25.9 Å². The number of esters is 1. The lowest BCUT2D eigenvalue weighted by Crippen LogP contribution is -2.44. The molecule has 0 atom stereocenters. The number of carbonyl (C=O) groups excluding carboxylic acids is 2. The van der Waals surface area contributed by atoms with E-state index in [2.05, 4.69) is 15.2 Å². The molecule has 2 heterocycles. The molecule has 1 aliphatic heterocycles. The number of nitrogens with zero attached hydrogens (tertiary/aromatic N) is 2. The molecule has 114 valence electrons. The van der Waals surface area contributed by atoms with Crippen molar-refractivity contribution in [1.82, 2.24) is 10.3 Å². The minimum atomic E-state index is -0.468. The lowest BCUT2D eigenvalue weighted by Gasteiger charge is -2.33. The number of carbonyl (C=O) groups is 2. The Labute approximate surface area is 123 Å². The van der Waals surface area contributed by atoms with Crippen LogP contribution in [0.4, 0.5) is 11.5 Å². The Kier molecular flexibility index (Phi) is 4.62. The van der Waals surface area contributed by atoms with Crippen molar-refractivity contribution in [2.45, 2.75) is 25.8 Å². The van der Waals surface area contributed by atoms with Crippen molar-refractivity contribution in [3.63, 3.8) is 0 Å². The third-order valence-electron chi connectivity index (χ3n) is 3.55. The van der Waals surface area contributed by atoms with Gasteiger partial charge in [-0.05, 0) is 18.9 Å². The van der Waals surface area contributed by atoms with Gasteiger partial charge in [-0.3, -0.25) is 4.79 Å². The fourth-order valence-electron chi connectivity index (χ4n) is 2.45. The molecule has 0 aliphatic carbocycles. The molecule has 0 spiro atoms. The van der Waals surface area contributed by atoms with E-state index in [9.17, 15) is 9.59 Å². The van der Waals surface area contributed by atoms with E-state index in [1.807, 2.05) is 0 Å². The number of nitrogens with one attached hydrogen (secondary N) is 1. The van der Waals surface area contributed by atoms with E-state index in [1.165, 1.54) is 20.2 Å². The summed E-state index contributed by atoms with van der Waals surface area (Å²) in [4.78, 5) is 29.0. The quantitative estimate of drug-likeness (QED) is 0.790. The number of hydrogen-bond donors (Lipinski definition) is 2. The summed E-state index contributed by atoms with van der Waals surface area (Å²) in [7, 11) is 1.32. The summed E-state index contributed by atoms with van der Waals surface area (Å²) < 4.78 is 4.71. The molecular formula is C14H20N4O3. The first-order valence-corrected chi connectivity index (χ1v) is 6.87. The summed E-state index contributed by atoms with van der Waals surface area (Å²) in [5, 5.41) is 2.92. The molecule has 7 nitrogen and oxygen atoms in total. The standard InChI is InChI=1S/C14H20N4O3/c1-9(19)17-10-3-5-18(6-4-10)13-7-11(14(20)21-2)12(15)8-16-13/h7-8,10H,3-6,15H2,1-2H3,(H,17,19). The Morgan fingerprint density at radius 2 is 2.10 bits per heavy atom. The van der Waals surface area contributed by atoms with E-state index >= 15 is 0 Å². The Hall–Kier alpha value is -2.31. The second kappa shape index (κ2) is 6.43. The van der Waals surface area contributed by atoms with Crippen LogP contribution in [0.15, 0.2) is 12.3 Å². The average molecular weight is 292 g/mol. The van der Waals surface area contributed by atoms with Crippen LogP contribution in [0.3, 0.4) is 0 Å². The van der Waals surface area contributed by atoms with Gasteiger partial charge in [0.1, 0.15) is 5.82 Å². The molecule has 0 saturated carbocycles. The maximum absolute atomic E-state index is 11.6. The number of pyridine rings is 1. The summed E-state index contributed by atoms with van der Waals surface area (Å²) >= 11 is 0. The summed E-state index contributed by atoms with van der Waals surface area (Å²) in [6, 6.07) is 1.85. The predicted octanol–water partition coefficient (Wildman–Crippen LogP) is 0.555. The molecule has 1 saturated heterocycles. The zero-order valence-electron chi connectivity index (χ0n) is 12.3. The molecule has 7 heteroatoms. The first-order valence-electron chi connectivity index (χ1n) is 6.87. The van der Waals surface area contributed by atoms with Gasteiger partial charge in [-0.2, -0.15) is 0 Å². The Morgan fingerprint density at radius 3 is 2.67 bits per heavy atom. The van der Waals surface area contributed by atoms with Gasteiger partial charge in [0.25, 0.3) is 0 Å². The number of aromatic nitrogens is 1. The number of anilines is 2. The number of ether oxygens (including phenoxy) is 1. The van der Waals surface area contributed by atoms with Crippen molar-refractivity contribution in [2.75, 3.05) is 30.8 Å². The van der Waals surface area contributed by atoms with Gasteiger partial charge in [0.15, 0.2) is 0 Å². The van der Waals surface area contributed by atoms with Crippen molar-refractivity contribution in [2.24, 2.45) is 0 Å². The van der Waals surface area contributed by atoms with E-state index in [1.54, 1.807) is 6.07 Å². The lowest BCUT2D eigenvalue weighted by atomic mass is 10.0. The smallest absolute Gasteiger partial charge is 0.340 e. The molecule has 0 unspecified atom stereocenters. The number of rotatable bonds is 3. The van der Waals surface area contributed by atoms with Crippen LogP contribution in [-0.2, 0) is 9.53 Å². The van der Waals surface area contributed by atoms with E-state index < -0.39 is 5.97 Å². The highest BCUT2D eigenvalue weighted by atomic mass is 16.5. The van der Waals surface area contributed by atoms with Crippen molar-refractivity contribution >= 4 is 23.4 Å². The second-order valence-electron chi connectivity index (χ2n) is 5.08. The van der Waals surface area contributed by atoms with Gasteiger partial charge in [-0.25, -0.2) is 9.78 Å². The first-order chi connectivity index (χ1) is 10.0. The molecule has 2 rings (SSSR count). The predicted molar refractivity (Wildman–Crippen MR) is 79.0 cm³/mol. The zero-order chi connectivity index (χ0) is 15.4. The zero-order valence-corrected chi connectivity index (χ0v) is 12.3. The average Bonchev–Trinajstić information content (AvgIpc) is 2.47. The maximum atomic E-state index is 11.6. The van der Waals surface area contributed by atoms with Gasteiger partial charge in [-0.15, -0.1) is 0 Å². The molecule has 0 aromatic carbocycles.